The highest BCUT2D eigenvalue weighted by Gasteiger charge is 2.37. The van der Waals surface area contributed by atoms with Crippen LogP contribution in [-0.4, -0.2) is 24.2 Å². The summed E-state index contributed by atoms with van der Waals surface area (Å²) in [5.41, 5.74) is 1.76. The van der Waals surface area contributed by atoms with Gasteiger partial charge >= 0.3 is 0 Å². The van der Waals surface area contributed by atoms with Crippen LogP contribution in [-0.2, 0) is 0 Å². The van der Waals surface area contributed by atoms with Gasteiger partial charge in [-0.1, -0.05) is 24.8 Å². The smallest absolute Gasteiger partial charge is 0.251 e. The number of nitrogens with one attached hydrogen (secondary N) is 1. The van der Waals surface area contributed by atoms with Gasteiger partial charge in [-0.2, -0.15) is 0 Å². The topological polar surface area (TPSA) is 49.3 Å². The van der Waals surface area contributed by atoms with Crippen molar-refractivity contribution in [3.8, 4) is 11.8 Å². The minimum absolute atomic E-state index is 0.0427. The highest BCUT2D eigenvalue weighted by Crippen LogP contribution is 2.44. The first kappa shape index (κ1) is 13.6. The second-order valence-corrected chi connectivity index (χ2v) is 5.35. The van der Waals surface area contributed by atoms with Crippen LogP contribution in [0.2, 0.25) is 0 Å². The van der Waals surface area contributed by atoms with Crippen LogP contribution in [0.5, 0.6) is 0 Å². The first-order chi connectivity index (χ1) is 9.13. The SMILES string of the molecule is CC1(CNC(=O)c2cccc(C#CCCO)c2)CC1. The molecule has 19 heavy (non-hydrogen) atoms. The summed E-state index contributed by atoms with van der Waals surface area (Å²) in [6, 6.07) is 7.27. The molecule has 0 radical (unpaired) electrons. The van der Waals surface area contributed by atoms with E-state index in [0.717, 1.165) is 12.1 Å². The van der Waals surface area contributed by atoms with Gasteiger partial charge in [-0.05, 0) is 36.5 Å². The fourth-order valence-corrected chi connectivity index (χ4v) is 1.74. The lowest BCUT2D eigenvalue weighted by Crippen LogP contribution is -2.28. The summed E-state index contributed by atoms with van der Waals surface area (Å²) in [4.78, 5) is 12.0. The Morgan fingerprint density at radius 3 is 2.95 bits per heavy atom. The van der Waals surface area contributed by atoms with E-state index in [1.165, 1.54) is 12.8 Å². The van der Waals surface area contributed by atoms with E-state index in [0.29, 0.717) is 17.4 Å². The number of hydrogen-bond acceptors (Lipinski definition) is 2. The maximum atomic E-state index is 12.0. The van der Waals surface area contributed by atoms with Gasteiger partial charge in [-0.25, -0.2) is 0 Å². The number of aliphatic hydroxyl groups is 1. The predicted octanol–water partition coefficient (Wildman–Crippen LogP) is 1.95. The lowest BCUT2D eigenvalue weighted by atomic mass is 10.1. The zero-order chi connectivity index (χ0) is 13.7. The van der Waals surface area contributed by atoms with Crippen molar-refractivity contribution in [2.75, 3.05) is 13.2 Å². The number of carbonyl (C=O) groups excluding carboxylic acids is 1. The molecule has 0 unspecified atom stereocenters. The van der Waals surface area contributed by atoms with Crippen LogP contribution in [0, 0.1) is 17.3 Å². The van der Waals surface area contributed by atoms with Gasteiger partial charge in [-0.15, -0.1) is 0 Å². The highest BCUT2D eigenvalue weighted by atomic mass is 16.2. The second-order valence-electron chi connectivity index (χ2n) is 5.35. The maximum Gasteiger partial charge on any atom is 0.251 e. The highest BCUT2D eigenvalue weighted by molar-refractivity contribution is 5.94. The lowest BCUT2D eigenvalue weighted by Gasteiger charge is -2.10. The Labute approximate surface area is 114 Å². The molecule has 0 heterocycles. The normalized spacial score (nSPS) is 15.3. The summed E-state index contributed by atoms with van der Waals surface area (Å²) in [6.45, 7) is 2.99. The summed E-state index contributed by atoms with van der Waals surface area (Å²) in [7, 11) is 0. The summed E-state index contributed by atoms with van der Waals surface area (Å²) >= 11 is 0. The molecule has 0 aromatic heterocycles. The molecule has 0 bridgehead atoms. The third-order valence-corrected chi connectivity index (χ3v) is 3.37. The van der Waals surface area contributed by atoms with Gasteiger partial charge in [0.25, 0.3) is 5.91 Å². The van der Waals surface area contributed by atoms with Crippen LogP contribution < -0.4 is 5.32 Å². The van der Waals surface area contributed by atoms with Crippen LogP contribution in [0.3, 0.4) is 0 Å². The number of amides is 1. The third-order valence-electron chi connectivity index (χ3n) is 3.37. The van der Waals surface area contributed by atoms with E-state index in [9.17, 15) is 4.79 Å². The Morgan fingerprint density at radius 2 is 2.26 bits per heavy atom. The molecule has 0 atom stereocenters. The maximum absolute atomic E-state index is 12.0. The molecule has 1 fully saturated rings. The number of hydrogen-bond donors (Lipinski definition) is 2. The van der Waals surface area contributed by atoms with Crippen molar-refractivity contribution in [3.05, 3.63) is 35.4 Å². The molecular formula is C16H19NO2. The Kier molecular flexibility index (Phi) is 4.24. The Bertz CT molecular complexity index is 521. The van der Waals surface area contributed by atoms with Crippen molar-refractivity contribution in [3.63, 3.8) is 0 Å². The van der Waals surface area contributed by atoms with E-state index in [1.54, 1.807) is 12.1 Å². The van der Waals surface area contributed by atoms with Crippen LogP contribution in [0.25, 0.3) is 0 Å². The standard InChI is InChI=1S/C16H19NO2/c1-16(8-9-16)12-17-15(19)14-7-4-6-13(11-14)5-2-3-10-18/h4,6-7,11,18H,3,8-10,12H2,1H3,(H,17,19). The Hall–Kier alpha value is -1.79. The average Bonchev–Trinajstić information content (AvgIpc) is 3.15. The first-order valence-corrected chi connectivity index (χ1v) is 6.61. The van der Waals surface area contributed by atoms with E-state index >= 15 is 0 Å². The summed E-state index contributed by atoms with van der Waals surface area (Å²) in [5.74, 6) is 5.74. The molecular weight excluding hydrogens is 238 g/mol. The molecule has 1 saturated carbocycles. The molecule has 0 saturated heterocycles. The molecule has 1 aromatic carbocycles. The van der Waals surface area contributed by atoms with E-state index < -0.39 is 0 Å². The molecule has 100 valence electrons. The van der Waals surface area contributed by atoms with Gasteiger partial charge in [0.1, 0.15) is 0 Å². The molecule has 0 aliphatic heterocycles. The number of benzene rings is 1. The monoisotopic (exact) mass is 257 g/mol. The van der Waals surface area contributed by atoms with Crippen molar-refractivity contribution in [2.45, 2.75) is 26.2 Å². The van der Waals surface area contributed by atoms with Gasteiger partial charge in [0, 0.05) is 24.1 Å². The van der Waals surface area contributed by atoms with Crippen molar-refractivity contribution in [2.24, 2.45) is 5.41 Å². The Balaban J connectivity index is 1.97. The van der Waals surface area contributed by atoms with Crippen LogP contribution >= 0.6 is 0 Å². The van der Waals surface area contributed by atoms with Gasteiger partial charge in [-0.3, -0.25) is 4.79 Å². The molecule has 2 rings (SSSR count). The van der Waals surface area contributed by atoms with E-state index in [1.807, 2.05) is 12.1 Å². The van der Waals surface area contributed by atoms with E-state index in [-0.39, 0.29) is 12.5 Å². The number of aliphatic hydroxyl groups excluding tert-OH is 1. The zero-order valence-corrected chi connectivity index (χ0v) is 11.2. The average molecular weight is 257 g/mol. The molecule has 1 aromatic rings. The van der Waals surface area contributed by atoms with Crippen LogP contribution in [0.1, 0.15) is 42.1 Å². The summed E-state index contributed by atoms with van der Waals surface area (Å²) < 4.78 is 0. The quantitative estimate of drug-likeness (QED) is 0.810. The molecule has 2 N–H and O–H groups in total. The molecule has 0 spiro atoms. The van der Waals surface area contributed by atoms with E-state index in [4.69, 9.17) is 5.11 Å². The minimum atomic E-state index is -0.0427. The molecule has 1 aliphatic carbocycles. The van der Waals surface area contributed by atoms with Crippen molar-refractivity contribution in [1.29, 1.82) is 0 Å². The summed E-state index contributed by atoms with van der Waals surface area (Å²) in [5, 5.41) is 11.6. The minimum Gasteiger partial charge on any atom is -0.395 e. The van der Waals surface area contributed by atoms with Crippen LogP contribution in [0.4, 0.5) is 0 Å². The fraction of sp³-hybridized carbons (Fsp3) is 0.438. The van der Waals surface area contributed by atoms with Crippen molar-refractivity contribution < 1.29 is 9.90 Å². The molecule has 1 aliphatic rings. The summed E-state index contributed by atoms with van der Waals surface area (Å²) in [6.07, 6.45) is 2.84. The van der Waals surface area contributed by atoms with Gasteiger partial charge in [0.2, 0.25) is 0 Å². The van der Waals surface area contributed by atoms with Gasteiger partial charge in [0.05, 0.1) is 6.61 Å². The fourth-order valence-electron chi connectivity index (χ4n) is 1.74. The second kappa shape index (κ2) is 5.90. The van der Waals surface area contributed by atoms with Crippen molar-refractivity contribution >= 4 is 5.91 Å². The lowest BCUT2D eigenvalue weighted by molar-refractivity contribution is 0.0946. The number of rotatable bonds is 4. The van der Waals surface area contributed by atoms with Gasteiger partial charge < -0.3 is 10.4 Å². The molecule has 3 heteroatoms. The molecule has 3 nitrogen and oxygen atoms in total. The number of carbonyl (C=O) groups is 1. The molecule has 1 amide bonds. The first-order valence-electron chi connectivity index (χ1n) is 6.61. The third kappa shape index (κ3) is 4.11. The van der Waals surface area contributed by atoms with Gasteiger partial charge in [0.15, 0.2) is 0 Å². The van der Waals surface area contributed by atoms with Crippen molar-refractivity contribution in [1.82, 2.24) is 5.32 Å². The zero-order valence-electron chi connectivity index (χ0n) is 11.2. The Morgan fingerprint density at radius 1 is 1.47 bits per heavy atom. The van der Waals surface area contributed by atoms with E-state index in [2.05, 4.69) is 24.1 Å². The largest absolute Gasteiger partial charge is 0.395 e. The predicted molar refractivity (Wildman–Crippen MR) is 74.7 cm³/mol. The van der Waals surface area contributed by atoms with Crippen LogP contribution in [0.15, 0.2) is 24.3 Å².